The molecule has 1 saturated carbocycles. The Morgan fingerprint density at radius 2 is 1.84 bits per heavy atom. The van der Waals surface area contributed by atoms with Crippen molar-refractivity contribution in [3.8, 4) is 0 Å². The van der Waals surface area contributed by atoms with Gasteiger partial charge in [-0.15, -0.1) is 0 Å². The number of halogens is 4. The standard InChI is InChI=1S/C15H17ClF3NO.HNO2S/c1-10(20-21-12-5-3-2-4-6-12)13-9-11(16)7-8-14(13)15(17,18)19;1-4(2)3/h7-9,12H,2-6H2,1H3;1H/b20-10+;. The Bertz CT molecular complexity index is 708. The summed E-state index contributed by atoms with van der Waals surface area (Å²) in [5, 5.41) is 4.13. The van der Waals surface area contributed by atoms with E-state index in [2.05, 4.69) is 5.16 Å². The summed E-state index contributed by atoms with van der Waals surface area (Å²) in [6.45, 7) is 1.50. The molecule has 0 atom stereocenters. The van der Waals surface area contributed by atoms with Crippen LogP contribution in [0.25, 0.3) is 0 Å². The topological polar surface area (TPSA) is 79.6 Å². The maximum Gasteiger partial charge on any atom is 0.417 e. The molecule has 0 unspecified atom stereocenters. The number of rotatable bonds is 3. The minimum absolute atomic E-state index is 0.00206. The monoisotopic (exact) mass is 398 g/mol. The normalized spacial score (nSPS) is 16.0. The van der Waals surface area contributed by atoms with E-state index in [-0.39, 0.29) is 22.4 Å². The second kappa shape index (κ2) is 9.76. The van der Waals surface area contributed by atoms with Crippen LogP contribution in [-0.4, -0.2) is 20.2 Å². The number of hydrogen-bond donors (Lipinski definition) is 1. The van der Waals surface area contributed by atoms with Crippen molar-refractivity contribution in [1.82, 2.24) is 0 Å². The summed E-state index contributed by atoms with van der Waals surface area (Å²) in [6, 6.07) is 3.47. The molecule has 5 nitrogen and oxygen atoms in total. The molecule has 0 bridgehead atoms. The maximum absolute atomic E-state index is 13.0. The quantitative estimate of drug-likeness (QED) is 0.570. The number of nitrogens with zero attached hydrogens (tertiary/aromatic N) is 1. The lowest BCUT2D eigenvalue weighted by atomic mass is 9.98. The van der Waals surface area contributed by atoms with Crippen molar-refractivity contribution in [2.45, 2.75) is 51.3 Å². The van der Waals surface area contributed by atoms with Gasteiger partial charge in [-0.25, -0.2) is 0 Å². The predicted octanol–water partition coefficient (Wildman–Crippen LogP) is 5.06. The van der Waals surface area contributed by atoms with Gasteiger partial charge in [0.25, 0.3) is 0 Å². The second-order valence-electron chi connectivity index (χ2n) is 5.46. The van der Waals surface area contributed by atoms with E-state index >= 15 is 0 Å². The lowest BCUT2D eigenvalue weighted by Crippen LogP contribution is -2.16. The maximum atomic E-state index is 13.0. The molecule has 0 spiro atoms. The van der Waals surface area contributed by atoms with Gasteiger partial charge < -0.3 is 4.84 Å². The summed E-state index contributed by atoms with van der Waals surface area (Å²) >= 11 is 5.80. The van der Waals surface area contributed by atoms with E-state index < -0.39 is 22.2 Å². The Morgan fingerprint density at radius 1 is 1.28 bits per heavy atom. The average Bonchev–Trinajstić information content (AvgIpc) is 2.52. The zero-order chi connectivity index (χ0) is 19.0. The van der Waals surface area contributed by atoms with E-state index in [1.165, 1.54) is 25.5 Å². The number of benzene rings is 1. The minimum Gasteiger partial charge on any atom is -0.392 e. The molecule has 1 fully saturated rings. The van der Waals surface area contributed by atoms with Gasteiger partial charge >= 0.3 is 16.7 Å². The molecule has 140 valence electrons. The van der Waals surface area contributed by atoms with E-state index in [0.29, 0.717) is 0 Å². The Morgan fingerprint density at radius 3 is 2.36 bits per heavy atom. The molecule has 1 aliphatic rings. The van der Waals surface area contributed by atoms with Crippen LogP contribution in [0, 0.1) is 4.78 Å². The molecule has 2 rings (SSSR count). The highest BCUT2D eigenvalue weighted by Gasteiger charge is 2.34. The van der Waals surface area contributed by atoms with E-state index in [1.54, 1.807) is 0 Å². The van der Waals surface area contributed by atoms with Crippen molar-refractivity contribution in [3.05, 3.63) is 34.3 Å². The molecule has 10 heteroatoms. The summed E-state index contributed by atoms with van der Waals surface area (Å²) in [5.74, 6) is 0. The smallest absolute Gasteiger partial charge is 0.392 e. The highest BCUT2D eigenvalue weighted by molar-refractivity contribution is 7.60. The number of oxime groups is 1. The van der Waals surface area contributed by atoms with Crippen LogP contribution in [-0.2, 0) is 21.5 Å². The zero-order valence-electron chi connectivity index (χ0n) is 13.4. The molecule has 0 heterocycles. The van der Waals surface area contributed by atoms with Gasteiger partial charge in [-0.1, -0.05) is 23.2 Å². The first-order valence-corrected chi connectivity index (χ1v) is 8.94. The van der Waals surface area contributed by atoms with Crippen LogP contribution in [0.15, 0.2) is 23.4 Å². The fourth-order valence-electron chi connectivity index (χ4n) is 2.44. The summed E-state index contributed by atoms with van der Waals surface area (Å²) in [4.78, 5) is 5.38. The van der Waals surface area contributed by atoms with Crippen LogP contribution in [0.4, 0.5) is 13.2 Å². The highest BCUT2D eigenvalue weighted by Crippen LogP contribution is 2.33. The lowest BCUT2D eigenvalue weighted by Gasteiger charge is -2.20. The van der Waals surface area contributed by atoms with Gasteiger partial charge in [-0.3, -0.25) is 0 Å². The largest absolute Gasteiger partial charge is 0.417 e. The molecule has 1 N–H and O–H groups in total. The van der Waals surface area contributed by atoms with Gasteiger partial charge in [0.05, 0.1) is 11.3 Å². The SMILES string of the molecule is C/C(=N\OC1CCCCC1)c1cc(Cl)ccc1C(F)(F)F.N=S(=O)=O. The minimum atomic E-state index is -4.44. The van der Waals surface area contributed by atoms with Gasteiger partial charge in [0.2, 0.25) is 0 Å². The summed E-state index contributed by atoms with van der Waals surface area (Å²) in [6.07, 6.45) is 0.685. The molecule has 1 aromatic carbocycles. The van der Waals surface area contributed by atoms with Crippen molar-refractivity contribution in [2.24, 2.45) is 5.16 Å². The Labute approximate surface area is 150 Å². The second-order valence-corrected chi connectivity index (χ2v) is 6.37. The number of hydrogen-bond acceptors (Lipinski definition) is 5. The summed E-state index contributed by atoms with van der Waals surface area (Å²) < 4.78 is 61.8. The van der Waals surface area contributed by atoms with Crippen molar-refractivity contribution in [2.75, 3.05) is 0 Å². The van der Waals surface area contributed by atoms with Crippen LogP contribution in [0.3, 0.4) is 0 Å². The number of nitrogens with one attached hydrogen (secondary N) is 1. The van der Waals surface area contributed by atoms with Gasteiger partial charge in [0.1, 0.15) is 6.10 Å². The van der Waals surface area contributed by atoms with Crippen molar-refractivity contribution in [1.29, 1.82) is 4.78 Å². The first-order chi connectivity index (χ1) is 11.6. The Kier molecular flexibility index (Phi) is 8.37. The van der Waals surface area contributed by atoms with E-state index in [9.17, 15) is 13.2 Å². The molecule has 0 aromatic heterocycles. The molecule has 0 saturated heterocycles. The molecule has 0 amide bonds. The van der Waals surface area contributed by atoms with Crippen LogP contribution in [0.5, 0.6) is 0 Å². The van der Waals surface area contributed by atoms with E-state index in [0.717, 1.165) is 31.7 Å². The van der Waals surface area contributed by atoms with E-state index in [1.807, 2.05) is 0 Å². The first-order valence-electron chi connectivity index (χ1n) is 7.49. The van der Waals surface area contributed by atoms with Crippen LogP contribution >= 0.6 is 11.6 Å². The van der Waals surface area contributed by atoms with Crippen molar-refractivity contribution in [3.63, 3.8) is 0 Å². The summed E-state index contributed by atoms with van der Waals surface area (Å²) in [5.41, 5.74) is -0.596. The molecule has 0 aliphatic heterocycles. The molecule has 1 aromatic rings. The molecule has 0 radical (unpaired) electrons. The Hall–Kier alpha value is -1.61. The molecule has 1 aliphatic carbocycles. The van der Waals surface area contributed by atoms with E-state index in [4.69, 9.17) is 29.6 Å². The fourth-order valence-corrected chi connectivity index (χ4v) is 2.61. The van der Waals surface area contributed by atoms with Gasteiger partial charge in [0, 0.05) is 10.6 Å². The summed E-state index contributed by atoms with van der Waals surface area (Å²) in [7, 11) is -2.61. The van der Waals surface area contributed by atoms with Gasteiger partial charge in [-0.05, 0) is 50.8 Å². The number of alkyl halides is 3. The first kappa shape index (κ1) is 21.4. The van der Waals surface area contributed by atoms with Gasteiger partial charge in [-0.2, -0.15) is 26.4 Å². The van der Waals surface area contributed by atoms with Gasteiger partial charge in [0.15, 0.2) is 0 Å². The van der Waals surface area contributed by atoms with Crippen LogP contribution < -0.4 is 0 Å². The Balaban J connectivity index is 0.000000705. The zero-order valence-corrected chi connectivity index (χ0v) is 15.0. The fraction of sp³-hybridized carbons (Fsp3) is 0.533. The molecule has 25 heavy (non-hydrogen) atoms. The third kappa shape index (κ3) is 7.87. The molecular formula is C15H18ClF3N2O3S. The molecular weight excluding hydrogens is 381 g/mol. The predicted molar refractivity (Wildman–Crippen MR) is 88.3 cm³/mol. The lowest BCUT2D eigenvalue weighted by molar-refractivity contribution is -0.137. The third-order valence-corrected chi connectivity index (χ3v) is 3.80. The van der Waals surface area contributed by atoms with Crippen molar-refractivity contribution < 1.29 is 26.4 Å². The van der Waals surface area contributed by atoms with Crippen molar-refractivity contribution >= 4 is 27.8 Å². The third-order valence-electron chi connectivity index (χ3n) is 3.57. The highest BCUT2D eigenvalue weighted by atomic mass is 35.5. The average molecular weight is 399 g/mol. The van der Waals surface area contributed by atoms with Crippen LogP contribution in [0.1, 0.15) is 50.2 Å². The van der Waals surface area contributed by atoms with Crippen LogP contribution in [0.2, 0.25) is 5.02 Å².